The van der Waals surface area contributed by atoms with Crippen LogP contribution in [0.15, 0.2) is 77.7 Å². The molecule has 3 aromatic carbocycles. The molecule has 3 rings (SSSR count). The Hall–Kier alpha value is -2.54. The van der Waals surface area contributed by atoms with Crippen LogP contribution in [-0.4, -0.2) is 26.4 Å². The number of anilines is 1. The van der Waals surface area contributed by atoms with E-state index in [1.54, 1.807) is 12.1 Å². The number of rotatable bonds is 8. The first-order valence-corrected chi connectivity index (χ1v) is 12.6. The van der Waals surface area contributed by atoms with Gasteiger partial charge in [0.25, 0.3) is 10.0 Å². The number of hydrogen-bond acceptors (Lipinski definition) is 3. The summed E-state index contributed by atoms with van der Waals surface area (Å²) in [4.78, 5) is 13.1. The molecule has 1 amide bonds. The first kappa shape index (κ1) is 25.1. The van der Waals surface area contributed by atoms with E-state index in [2.05, 4.69) is 5.32 Å². The number of aryl methyl sites for hydroxylation is 1. The van der Waals surface area contributed by atoms with Gasteiger partial charge in [-0.1, -0.05) is 71.2 Å². The molecule has 0 saturated heterocycles. The van der Waals surface area contributed by atoms with E-state index < -0.39 is 28.0 Å². The third-order valence-electron chi connectivity index (χ3n) is 5.05. The van der Waals surface area contributed by atoms with Crippen LogP contribution in [0.2, 0.25) is 10.0 Å². The third kappa shape index (κ3) is 6.50. The molecule has 0 atom stereocenters. The maximum Gasteiger partial charge on any atom is 0.264 e. The van der Waals surface area contributed by atoms with Crippen LogP contribution in [0.3, 0.4) is 0 Å². The number of sulfonamides is 1. The number of nitrogens with one attached hydrogen (secondary N) is 1. The number of carbonyl (C=O) groups excluding carboxylic acids is 1. The van der Waals surface area contributed by atoms with E-state index >= 15 is 0 Å². The van der Waals surface area contributed by atoms with Crippen LogP contribution in [-0.2, 0) is 21.2 Å². The molecule has 0 unspecified atom stereocenters. The largest absolute Gasteiger partial charge is 0.349 e. The summed E-state index contributed by atoms with van der Waals surface area (Å²) < 4.78 is 28.1. The lowest BCUT2D eigenvalue weighted by Gasteiger charge is -2.29. The quantitative estimate of drug-likeness (QED) is 0.431. The van der Waals surface area contributed by atoms with E-state index in [0.29, 0.717) is 11.4 Å². The van der Waals surface area contributed by atoms with Crippen LogP contribution in [0, 0.1) is 6.92 Å². The van der Waals surface area contributed by atoms with Crippen LogP contribution in [0.5, 0.6) is 0 Å². The number of amides is 1. The summed E-state index contributed by atoms with van der Waals surface area (Å²) in [5, 5.41) is 3.45. The minimum atomic E-state index is -4.04. The standard InChI is InChI=1S/C25H26Cl2N2O3S/c1-18-9-12-21(13-10-18)33(31,32)29(20-11-14-22(26)23(27)15-20)17-24(30)28-25(2,3)16-19-7-5-4-6-8-19/h4-15H,16-17H2,1-3H3,(H,28,30). The Labute approximate surface area is 205 Å². The van der Waals surface area contributed by atoms with E-state index in [-0.39, 0.29) is 15.6 Å². The lowest BCUT2D eigenvalue weighted by atomic mass is 9.95. The fourth-order valence-corrected chi connectivity index (χ4v) is 5.20. The van der Waals surface area contributed by atoms with Gasteiger partial charge in [0.05, 0.1) is 20.6 Å². The van der Waals surface area contributed by atoms with Crippen molar-refractivity contribution < 1.29 is 13.2 Å². The molecule has 0 saturated carbocycles. The van der Waals surface area contributed by atoms with Crippen LogP contribution in [0.25, 0.3) is 0 Å². The Kier molecular flexibility index (Phi) is 7.73. The van der Waals surface area contributed by atoms with Gasteiger partial charge in [0.1, 0.15) is 6.54 Å². The molecule has 174 valence electrons. The summed E-state index contributed by atoms with van der Waals surface area (Å²) >= 11 is 12.2. The molecule has 0 bridgehead atoms. The fourth-order valence-electron chi connectivity index (χ4n) is 3.49. The van der Waals surface area contributed by atoms with Crippen molar-refractivity contribution in [1.29, 1.82) is 0 Å². The second kappa shape index (κ2) is 10.2. The number of benzene rings is 3. The Balaban J connectivity index is 1.90. The smallest absolute Gasteiger partial charge is 0.264 e. The third-order valence-corrected chi connectivity index (χ3v) is 7.58. The normalized spacial score (nSPS) is 11.8. The monoisotopic (exact) mass is 504 g/mol. The molecule has 0 spiro atoms. The van der Waals surface area contributed by atoms with Crippen molar-refractivity contribution in [1.82, 2.24) is 5.32 Å². The summed E-state index contributed by atoms with van der Waals surface area (Å²) in [5.41, 5.74) is 1.66. The van der Waals surface area contributed by atoms with Crippen LogP contribution >= 0.6 is 23.2 Å². The summed E-state index contributed by atoms with van der Waals surface area (Å²) in [6.45, 7) is 5.26. The highest BCUT2D eigenvalue weighted by Crippen LogP contribution is 2.30. The Morgan fingerprint density at radius 1 is 0.939 bits per heavy atom. The van der Waals surface area contributed by atoms with Gasteiger partial charge in [-0.25, -0.2) is 8.42 Å². The van der Waals surface area contributed by atoms with Gasteiger partial charge in [0.2, 0.25) is 5.91 Å². The molecule has 3 aromatic rings. The SMILES string of the molecule is Cc1ccc(S(=O)(=O)N(CC(=O)NC(C)(C)Cc2ccccc2)c2ccc(Cl)c(Cl)c2)cc1. The molecule has 0 radical (unpaired) electrons. The van der Waals surface area contributed by atoms with Crippen molar-refractivity contribution in [2.45, 2.75) is 37.6 Å². The highest BCUT2D eigenvalue weighted by Gasteiger charge is 2.30. The number of hydrogen-bond donors (Lipinski definition) is 1. The predicted octanol–water partition coefficient (Wildman–Crippen LogP) is 5.63. The van der Waals surface area contributed by atoms with Gasteiger partial charge in [-0.15, -0.1) is 0 Å². The Morgan fingerprint density at radius 3 is 2.18 bits per heavy atom. The van der Waals surface area contributed by atoms with Gasteiger partial charge in [0.15, 0.2) is 0 Å². The molecule has 33 heavy (non-hydrogen) atoms. The molecule has 0 fully saturated rings. The molecule has 0 aliphatic rings. The molecule has 0 heterocycles. The highest BCUT2D eigenvalue weighted by molar-refractivity contribution is 7.92. The van der Waals surface area contributed by atoms with Crippen molar-refractivity contribution in [3.63, 3.8) is 0 Å². The van der Waals surface area contributed by atoms with Crippen molar-refractivity contribution in [2.75, 3.05) is 10.8 Å². The van der Waals surface area contributed by atoms with Gasteiger partial charge in [-0.3, -0.25) is 9.10 Å². The first-order chi connectivity index (χ1) is 15.5. The fraction of sp³-hybridized carbons (Fsp3) is 0.240. The van der Waals surface area contributed by atoms with Gasteiger partial charge >= 0.3 is 0 Å². The Morgan fingerprint density at radius 2 is 1.58 bits per heavy atom. The van der Waals surface area contributed by atoms with Gasteiger partial charge in [-0.2, -0.15) is 0 Å². The van der Waals surface area contributed by atoms with E-state index in [0.717, 1.165) is 15.4 Å². The lowest BCUT2D eigenvalue weighted by molar-refractivity contribution is -0.121. The van der Waals surface area contributed by atoms with Crippen molar-refractivity contribution in [3.05, 3.63) is 94.0 Å². The molecule has 5 nitrogen and oxygen atoms in total. The van der Waals surface area contributed by atoms with Crippen LogP contribution in [0.1, 0.15) is 25.0 Å². The average molecular weight is 505 g/mol. The minimum absolute atomic E-state index is 0.0792. The molecular formula is C25H26Cl2N2O3S. The minimum Gasteiger partial charge on any atom is -0.349 e. The molecule has 8 heteroatoms. The highest BCUT2D eigenvalue weighted by atomic mass is 35.5. The summed E-state index contributed by atoms with van der Waals surface area (Å²) in [6, 6.07) is 20.7. The van der Waals surface area contributed by atoms with Crippen LogP contribution in [0.4, 0.5) is 5.69 Å². The second-order valence-corrected chi connectivity index (χ2v) is 11.2. The summed E-state index contributed by atoms with van der Waals surface area (Å²) in [7, 11) is -4.04. The lowest BCUT2D eigenvalue weighted by Crippen LogP contribution is -2.50. The predicted molar refractivity (Wildman–Crippen MR) is 135 cm³/mol. The zero-order valence-electron chi connectivity index (χ0n) is 18.7. The van der Waals surface area contributed by atoms with Crippen molar-refractivity contribution in [3.8, 4) is 0 Å². The number of halogens is 2. The summed E-state index contributed by atoms with van der Waals surface area (Å²) in [5.74, 6) is -0.433. The van der Waals surface area contributed by atoms with E-state index in [1.165, 1.54) is 30.3 Å². The molecule has 0 aliphatic carbocycles. The molecule has 1 N–H and O–H groups in total. The number of carbonyl (C=O) groups is 1. The van der Waals surface area contributed by atoms with E-state index in [1.807, 2.05) is 51.1 Å². The maximum atomic E-state index is 13.5. The van der Waals surface area contributed by atoms with E-state index in [9.17, 15) is 13.2 Å². The zero-order valence-corrected chi connectivity index (χ0v) is 21.0. The van der Waals surface area contributed by atoms with Gasteiger partial charge in [0, 0.05) is 5.54 Å². The molecule has 0 aromatic heterocycles. The van der Waals surface area contributed by atoms with Crippen molar-refractivity contribution in [2.24, 2.45) is 0 Å². The first-order valence-electron chi connectivity index (χ1n) is 10.4. The Bertz CT molecular complexity index is 1230. The van der Waals surface area contributed by atoms with Crippen molar-refractivity contribution >= 4 is 44.8 Å². The average Bonchev–Trinajstić information content (AvgIpc) is 2.74. The molecular weight excluding hydrogens is 479 g/mol. The maximum absolute atomic E-state index is 13.5. The van der Waals surface area contributed by atoms with Gasteiger partial charge < -0.3 is 5.32 Å². The second-order valence-electron chi connectivity index (χ2n) is 8.52. The topological polar surface area (TPSA) is 66.5 Å². The zero-order chi connectivity index (χ0) is 24.2. The molecule has 0 aliphatic heterocycles. The number of nitrogens with zero attached hydrogens (tertiary/aromatic N) is 1. The van der Waals surface area contributed by atoms with Gasteiger partial charge in [-0.05, 0) is 63.1 Å². The van der Waals surface area contributed by atoms with Crippen LogP contribution < -0.4 is 9.62 Å². The summed E-state index contributed by atoms with van der Waals surface area (Å²) in [6.07, 6.45) is 0.594. The van der Waals surface area contributed by atoms with E-state index in [4.69, 9.17) is 23.2 Å².